The molecule has 0 atom stereocenters. The maximum absolute atomic E-state index is 9.06. The highest BCUT2D eigenvalue weighted by Crippen LogP contribution is 2.22. The lowest BCUT2D eigenvalue weighted by molar-refractivity contribution is 0.282. The Hall–Kier alpha value is -2.11. The summed E-state index contributed by atoms with van der Waals surface area (Å²) in [5.41, 5.74) is 3.18. The molecule has 2 aromatic heterocycles. The Labute approximate surface area is 133 Å². The Kier molecular flexibility index (Phi) is 4.88. The van der Waals surface area contributed by atoms with E-state index >= 15 is 0 Å². The third-order valence-electron chi connectivity index (χ3n) is 3.31. The number of hydrogen-bond acceptors (Lipinski definition) is 4. The van der Waals surface area contributed by atoms with Crippen molar-refractivity contribution < 1.29 is 5.11 Å². The summed E-state index contributed by atoms with van der Waals surface area (Å²) in [7, 11) is 0. The van der Waals surface area contributed by atoms with E-state index < -0.39 is 0 Å². The molecule has 0 aliphatic heterocycles. The second-order valence-corrected chi connectivity index (χ2v) is 5.86. The normalized spacial score (nSPS) is 10.8. The number of aliphatic hydroxyl groups excluding tert-OH is 1. The summed E-state index contributed by atoms with van der Waals surface area (Å²) >= 11 is 1.70. The summed E-state index contributed by atoms with van der Waals surface area (Å²) in [5, 5.41) is 10.0. The molecule has 3 rings (SSSR count). The van der Waals surface area contributed by atoms with E-state index in [4.69, 9.17) is 5.11 Å². The van der Waals surface area contributed by atoms with Crippen molar-refractivity contribution >= 4 is 11.8 Å². The van der Waals surface area contributed by atoms with E-state index in [1.54, 1.807) is 11.8 Å². The molecule has 1 N–H and O–H groups in total. The molecular formula is C17H17N3OS. The Morgan fingerprint density at radius 3 is 2.50 bits per heavy atom. The van der Waals surface area contributed by atoms with Gasteiger partial charge in [0.1, 0.15) is 0 Å². The minimum atomic E-state index is 0.0852. The van der Waals surface area contributed by atoms with E-state index in [2.05, 4.69) is 14.5 Å². The Morgan fingerprint density at radius 2 is 1.77 bits per heavy atom. The highest BCUT2D eigenvalue weighted by molar-refractivity contribution is 7.98. The third kappa shape index (κ3) is 3.75. The topological polar surface area (TPSA) is 50.9 Å². The van der Waals surface area contributed by atoms with E-state index in [1.807, 2.05) is 61.1 Å². The molecule has 0 aliphatic rings. The van der Waals surface area contributed by atoms with Gasteiger partial charge in [0.15, 0.2) is 5.16 Å². The van der Waals surface area contributed by atoms with Crippen LogP contribution < -0.4 is 0 Å². The van der Waals surface area contributed by atoms with Crippen LogP contribution in [-0.2, 0) is 18.9 Å². The lowest BCUT2D eigenvalue weighted by Crippen LogP contribution is -2.02. The fourth-order valence-electron chi connectivity index (χ4n) is 2.11. The highest BCUT2D eigenvalue weighted by atomic mass is 32.2. The number of aliphatic hydroxyl groups is 1. The predicted molar refractivity (Wildman–Crippen MR) is 87.5 cm³/mol. The fourth-order valence-corrected chi connectivity index (χ4v) is 3.03. The van der Waals surface area contributed by atoms with Gasteiger partial charge in [0.05, 0.1) is 18.8 Å². The predicted octanol–water partition coefficient (Wildman–Crippen LogP) is 3.11. The molecule has 0 unspecified atom stereocenters. The molecule has 4 nitrogen and oxygen atoms in total. The van der Waals surface area contributed by atoms with E-state index in [1.165, 1.54) is 5.56 Å². The van der Waals surface area contributed by atoms with Crippen molar-refractivity contribution in [2.24, 2.45) is 0 Å². The Bertz CT molecular complexity index is 710. The molecule has 0 amide bonds. The molecule has 0 saturated heterocycles. The SMILES string of the molecule is OCc1ccc(CSc2nccn2Cc2ccccn2)cc1. The second-order valence-electron chi connectivity index (χ2n) is 4.92. The van der Waals surface area contributed by atoms with Gasteiger partial charge < -0.3 is 9.67 Å². The largest absolute Gasteiger partial charge is 0.392 e. The number of thioether (sulfide) groups is 1. The zero-order valence-electron chi connectivity index (χ0n) is 12.1. The number of pyridine rings is 1. The van der Waals surface area contributed by atoms with Gasteiger partial charge in [0.2, 0.25) is 0 Å². The van der Waals surface area contributed by atoms with Crippen LogP contribution >= 0.6 is 11.8 Å². The van der Waals surface area contributed by atoms with Crippen molar-refractivity contribution in [1.82, 2.24) is 14.5 Å². The van der Waals surface area contributed by atoms with Crippen molar-refractivity contribution in [3.63, 3.8) is 0 Å². The first-order chi connectivity index (χ1) is 10.8. The number of rotatable bonds is 6. The zero-order valence-corrected chi connectivity index (χ0v) is 12.9. The molecule has 0 spiro atoms. The first-order valence-electron chi connectivity index (χ1n) is 7.07. The monoisotopic (exact) mass is 311 g/mol. The van der Waals surface area contributed by atoms with Crippen molar-refractivity contribution in [2.75, 3.05) is 0 Å². The number of imidazole rings is 1. The summed E-state index contributed by atoms with van der Waals surface area (Å²) < 4.78 is 2.11. The maximum atomic E-state index is 9.06. The van der Waals surface area contributed by atoms with Crippen LogP contribution in [0.15, 0.2) is 66.2 Å². The van der Waals surface area contributed by atoms with Crippen molar-refractivity contribution in [3.8, 4) is 0 Å². The van der Waals surface area contributed by atoms with Crippen LogP contribution in [0, 0.1) is 0 Å². The van der Waals surface area contributed by atoms with E-state index in [9.17, 15) is 0 Å². The van der Waals surface area contributed by atoms with Crippen LogP contribution in [0.4, 0.5) is 0 Å². The van der Waals surface area contributed by atoms with Crippen LogP contribution in [0.1, 0.15) is 16.8 Å². The molecule has 2 heterocycles. The van der Waals surface area contributed by atoms with Crippen molar-refractivity contribution in [2.45, 2.75) is 24.1 Å². The van der Waals surface area contributed by atoms with Crippen LogP contribution in [0.25, 0.3) is 0 Å². The molecule has 3 aromatic rings. The Balaban J connectivity index is 1.64. The van der Waals surface area contributed by atoms with Crippen LogP contribution in [0.2, 0.25) is 0 Å². The summed E-state index contributed by atoms with van der Waals surface area (Å²) in [6.45, 7) is 0.814. The van der Waals surface area contributed by atoms with E-state index in [-0.39, 0.29) is 6.61 Å². The molecule has 0 bridgehead atoms. The quantitative estimate of drug-likeness (QED) is 0.711. The molecule has 0 fully saturated rings. The number of nitrogens with zero attached hydrogens (tertiary/aromatic N) is 3. The van der Waals surface area contributed by atoms with Crippen LogP contribution in [0.3, 0.4) is 0 Å². The summed E-state index contributed by atoms with van der Waals surface area (Å²) in [6, 6.07) is 13.9. The minimum absolute atomic E-state index is 0.0852. The lowest BCUT2D eigenvalue weighted by atomic mass is 10.2. The Morgan fingerprint density at radius 1 is 0.955 bits per heavy atom. The number of hydrogen-bond donors (Lipinski definition) is 1. The highest BCUT2D eigenvalue weighted by Gasteiger charge is 2.05. The zero-order chi connectivity index (χ0) is 15.2. The van der Waals surface area contributed by atoms with Gasteiger partial charge in [-0.1, -0.05) is 42.1 Å². The number of aromatic nitrogens is 3. The van der Waals surface area contributed by atoms with Gasteiger partial charge in [-0.2, -0.15) is 0 Å². The first-order valence-corrected chi connectivity index (χ1v) is 8.06. The van der Waals surface area contributed by atoms with Gasteiger partial charge in [0.25, 0.3) is 0 Å². The molecule has 0 saturated carbocycles. The summed E-state index contributed by atoms with van der Waals surface area (Å²) in [6.07, 6.45) is 5.60. The average Bonchev–Trinajstić information content (AvgIpc) is 3.01. The molecule has 22 heavy (non-hydrogen) atoms. The van der Waals surface area contributed by atoms with Gasteiger partial charge in [-0.25, -0.2) is 4.98 Å². The molecule has 0 radical (unpaired) electrons. The average molecular weight is 311 g/mol. The van der Waals surface area contributed by atoms with E-state index in [0.717, 1.165) is 28.7 Å². The van der Waals surface area contributed by atoms with E-state index in [0.29, 0.717) is 0 Å². The summed E-state index contributed by atoms with van der Waals surface area (Å²) in [5.74, 6) is 0.852. The summed E-state index contributed by atoms with van der Waals surface area (Å²) in [4.78, 5) is 8.77. The second kappa shape index (κ2) is 7.24. The molecule has 5 heteroatoms. The maximum Gasteiger partial charge on any atom is 0.168 e. The number of benzene rings is 1. The van der Waals surface area contributed by atoms with Crippen LogP contribution in [-0.4, -0.2) is 19.6 Å². The van der Waals surface area contributed by atoms with Crippen LogP contribution in [0.5, 0.6) is 0 Å². The van der Waals surface area contributed by atoms with Gasteiger partial charge in [-0.15, -0.1) is 0 Å². The van der Waals surface area contributed by atoms with Gasteiger partial charge in [-0.05, 0) is 23.3 Å². The molecule has 1 aromatic carbocycles. The standard InChI is InChI=1S/C17H17N3OS/c21-12-14-4-6-15(7-5-14)13-22-17-19-9-10-20(17)11-16-3-1-2-8-18-16/h1-10,21H,11-13H2. The lowest BCUT2D eigenvalue weighted by Gasteiger charge is -2.07. The van der Waals surface area contributed by atoms with Gasteiger partial charge in [0, 0.05) is 24.3 Å². The first kappa shape index (κ1) is 14.8. The fraction of sp³-hybridized carbons (Fsp3) is 0.176. The van der Waals surface area contributed by atoms with Crippen molar-refractivity contribution in [3.05, 3.63) is 77.9 Å². The molecule has 0 aliphatic carbocycles. The minimum Gasteiger partial charge on any atom is -0.392 e. The smallest absolute Gasteiger partial charge is 0.168 e. The van der Waals surface area contributed by atoms with Gasteiger partial charge >= 0.3 is 0 Å². The molecule has 112 valence electrons. The van der Waals surface area contributed by atoms with Gasteiger partial charge in [-0.3, -0.25) is 4.98 Å². The van der Waals surface area contributed by atoms with Crippen molar-refractivity contribution in [1.29, 1.82) is 0 Å². The third-order valence-corrected chi connectivity index (χ3v) is 4.39. The molecular weight excluding hydrogens is 294 g/mol.